The van der Waals surface area contributed by atoms with Gasteiger partial charge in [0.25, 0.3) is 5.91 Å². The van der Waals surface area contributed by atoms with Gasteiger partial charge in [0.15, 0.2) is 11.5 Å². The van der Waals surface area contributed by atoms with Crippen LogP contribution in [0.2, 0.25) is 5.02 Å². The fourth-order valence-corrected chi connectivity index (χ4v) is 4.48. The van der Waals surface area contributed by atoms with Gasteiger partial charge in [-0.05, 0) is 36.5 Å². The normalized spacial score (nSPS) is 28.2. The number of hydrogen-bond acceptors (Lipinski definition) is 4. The Morgan fingerprint density at radius 1 is 1.23 bits per heavy atom. The number of benzene rings is 1. The van der Waals surface area contributed by atoms with Crippen LogP contribution in [0.3, 0.4) is 0 Å². The Bertz CT molecular complexity index is 753. The van der Waals surface area contributed by atoms with Crippen LogP contribution in [0.5, 0.6) is 11.5 Å². The molecule has 0 radical (unpaired) electrons. The third-order valence-electron chi connectivity index (χ3n) is 5.70. The predicted molar refractivity (Wildman–Crippen MR) is 96.5 cm³/mol. The van der Waals surface area contributed by atoms with E-state index < -0.39 is 5.54 Å². The summed E-state index contributed by atoms with van der Waals surface area (Å²) in [5, 5.41) is 3.41. The molecule has 2 atom stereocenters. The number of rotatable bonds is 2. The first-order valence-electron chi connectivity index (χ1n) is 9.23. The van der Waals surface area contributed by atoms with E-state index in [9.17, 15) is 9.59 Å². The highest BCUT2D eigenvalue weighted by Gasteiger charge is 2.54. The molecule has 2 heterocycles. The quantitative estimate of drug-likeness (QED) is 0.800. The van der Waals surface area contributed by atoms with Gasteiger partial charge >= 0.3 is 6.03 Å². The maximum Gasteiger partial charge on any atom is 0.325 e. The zero-order valence-electron chi connectivity index (χ0n) is 14.8. The van der Waals surface area contributed by atoms with E-state index in [4.69, 9.17) is 21.1 Å². The number of carbonyl (C=O) groups excluding carboxylic acids is 2. The first-order chi connectivity index (χ1) is 12.5. The molecule has 1 spiro atoms. The topological polar surface area (TPSA) is 67.9 Å². The molecule has 2 aliphatic heterocycles. The van der Waals surface area contributed by atoms with E-state index in [1.165, 1.54) is 4.90 Å². The van der Waals surface area contributed by atoms with Crippen molar-refractivity contribution in [1.82, 2.24) is 10.2 Å². The summed E-state index contributed by atoms with van der Waals surface area (Å²) >= 11 is 6.33. The zero-order chi connectivity index (χ0) is 18.3. The molecule has 1 saturated heterocycles. The molecule has 7 heteroatoms. The van der Waals surface area contributed by atoms with Crippen LogP contribution >= 0.6 is 11.6 Å². The average molecular weight is 379 g/mol. The van der Waals surface area contributed by atoms with Crippen molar-refractivity contribution in [1.29, 1.82) is 0 Å². The SMILES string of the molecule is CC1CCCCC12NC(=O)N(Cc1cc(Cl)c3c(c1)OCCCO3)C2=O. The van der Waals surface area contributed by atoms with Crippen LogP contribution in [0.1, 0.15) is 44.6 Å². The molecular formula is C19H23ClN2O4. The maximum atomic E-state index is 13.1. The van der Waals surface area contributed by atoms with Gasteiger partial charge in [-0.2, -0.15) is 0 Å². The van der Waals surface area contributed by atoms with Gasteiger partial charge in [-0.1, -0.05) is 31.4 Å². The standard InChI is InChI=1S/C19H23ClN2O4/c1-12-5-2-3-6-19(12)17(23)22(18(24)21-19)11-13-9-14(20)16-15(10-13)25-7-4-8-26-16/h9-10,12H,2-8,11H2,1H3,(H,21,24). The summed E-state index contributed by atoms with van der Waals surface area (Å²) in [5.74, 6) is 1.11. The molecule has 3 amide bonds. The third kappa shape index (κ3) is 2.80. The van der Waals surface area contributed by atoms with Crippen molar-refractivity contribution >= 4 is 23.5 Å². The molecule has 140 valence electrons. The van der Waals surface area contributed by atoms with Crippen LogP contribution in [0, 0.1) is 5.92 Å². The van der Waals surface area contributed by atoms with Crippen LogP contribution in [0.4, 0.5) is 4.79 Å². The predicted octanol–water partition coefficient (Wildman–Crippen LogP) is 3.50. The molecule has 1 aromatic rings. The molecule has 4 rings (SSSR count). The first kappa shape index (κ1) is 17.5. The molecule has 2 unspecified atom stereocenters. The number of imide groups is 1. The fourth-order valence-electron chi connectivity index (χ4n) is 4.20. The van der Waals surface area contributed by atoms with Crippen LogP contribution in [0.15, 0.2) is 12.1 Å². The number of nitrogens with one attached hydrogen (secondary N) is 1. The zero-order valence-corrected chi connectivity index (χ0v) is 15.6. The fraction of sp³-hybridized carbons (Fsp3) is 0.579. The number of nitrogens with zero attached hydrogens (tertiary/aromatic N) is 1. The Balaban J connectivity index is 1.59. The number of halogens is 1. The van der Waals surface area contributed by atoms with E-state index in [-0.39, 0.29) is 24.4 Å². The van der Waals surface area contributed by atoms with Crippen molar-refractivity contribution in [3.05, 3.63) is 22.7 Å². The summed E-state index contributed by atoms with van der Waals surface area (Å²) in [6.07, 6.45) is 4.50. The van der Waals surface area contributed by atoms with Gasteiger partial charge in [0.05, 0.1) is 24.8 Å². The molecule has 0 bridgehead atoms. The summed E-state index contributed by atoms with van der Waals surface area (Å²) in [6.45, 7) is 3.33. The van der Waals surface area contributed by atoms with E-state index >= 15 is 0 Å². The van der Waals surface area contributed by atoms with Gasteiger partial charge in [-0.15, -0.1) is 0 Å². The summed E-state index contributed by atoms with van der Waals surface area (Å²) in [7, 11) is 0. The molecule has 0 aromatic heterocycles. The number of hydrogen-bond donors (Lipinski definition) is 1. The molecule has 3 aliphatic rings. The smallest absolute Gasteiger partial charge is 0.325 e. The molecule has 1 saturated carbocycles. The highest BCUT2D eigenvalue weighted by Crippen LogP contribution is 2.41. The van der Waals surface area contributed by atoms with Crippen molar-refractivity contribution in [2.45, 2.75) is 51.1 Å². The minimum absolute atomic E-state index is 0.127. The van der Waals surface area contributed by atoms with Gasteiger partial charge in [-0.25, -0.2) is 4.79 Å². The van der Waals surface area contributed by atoms with E-state index in [1.807, 2.05) is 13.0 Å². The lowest BCUT2D eigenvalue weighted by molar-refractivity contribution is -0.134. The van der Waals surface area contributed by atoms with Crippen LogP contribution in [0.25, 0.3) is 0 Å². The summed E-state index contributed by atoms with van der Waals surface area (Å²) in [4.78, 5) is 26.9. The van der Waals surface area contributed by atoms with E-state index in [2.05, 4.69) is 5.32 Å². The summed E-state index contributed by atoms with van der Waals surface area (Å²) in [5.41, 5.74) is 0.00741. The van der Waals surface area contributed by atoms with Crippen LogP contribution in [-0.4, -0.2) is 35.6 Å². The van der Waals surface area contributed by atoms with Gasteiger partial charge in [0.2, 0.25) is 0 Å². The van der Waals surface area contributed by atoms with Crippen molar-refractivity contribution in [2.24, 2.45) is 5.92 Å². The highest BCUT2D eigenvalue weighted by molar-refractivity contribution is 6.32. The van der Waals surface area contributed by atoms with E-state index in [0.29, 0.717) is 36.2 Å². The van der Waals surface area contributed by atoms with Crippen LogP contribution in [-0.2, 0) is 11.3 Å². The Hall–Kier alpha value is -1.95. The molecule has 1 N–H and O–H groups in total. The average Bonchev–Trinajstić information content (AvgIpc) is 2.79. The van der Waals surface area contributed by atoms with Crippen molar-refractivity contribution in [3.8, 4) is 11.5 Å². The molecule has 6 nitrogen and oxygen atoms in total. The van der Waals surface area contributed by atoms with E-state index in [0.717, 1.165) is 31.2 Å². The lowest BCUT2D eigenvalue weighted by atomic mass is 9.73. The number of urea groups is 1. The van der Waals surface area contributed by atoms with E-state index in [1.54, 1.807) is 6.07 Å². The minimum atomic E-state index is -0.746. The number of amides is 3. The van der Waals surface area contributed by atoms with Crippen LogP contribution < -0.4 is 14.8 Å². The van der Waals surface area contributed by atoms with Gasteiger partial charge in [-0.3, -0.25) is 9.69 Å². The van der Waals surface area contributed by atoms with Gasteiger partial charge in [0, 0.05) is 6.42 Å². The number of carbonyl (C=O) groups is 2. The molecule has 2 fully saturated rings. The second-order valence-electron chi connectivity index (χ2n) is 7.40. The van der Waals surface area contributed by atoms with Crippen molar-refractivity contribution in [3.63, 3.8) is 0 Å². The third-order valence-corrected chi connectivity index (χ3v) is 5.98. The Morgan fingerprint density at radius 2 is 2.04 bits per heavy atom. The molecule has 1 aromatic carbocycles. The van der Waals surface area contributed by atoms with Gasteiger partial charge < -0.3 is 14.8 Å². The molecular weight excluding hydrogens is 356 g/mol. The lowest BCUT2D eigenvalue weighted by Crippen LogP contribution is -2.53. The van der Waals surface area contributed by atoms with Crippen molar-refractivity contribution < 1.29 is 19.1 Å². The molecule has 26 heavy (non-hydrogen) atoms. The lowest BCUT2D eigenvalue weighted by Gasteiger charge is -2.36. The van der Waals surface area contributed by atoms with Crippen molar-refractivity contribution in [2.75, 3.05) is 13.2 Å². The second kappa shape index (κ2) is 6.65. The first-order valence-corrected chi connectivity index (χ1v) is 9.61. The Morgan fingerprint density at radius 3 is 2.85 bits per heavy atom. The Kier molecular flexibility index (Phi) is 4.47. The largest absolute Gasteiger partial charge is 0.489 e. The minimum Gasteiger partial charge on any atom is -0.489 e. The Labute approximate surface area is 157 Å². The highest BCUT2D eigenvalue weighted by atomic mass is 35.5. The monoisotopic (exact) mass is 378 g/mol. The number of fused-ring (bicyclic) bond motifs is 1. The maximum absolute atomic E-state index is 13.1. The van der Waals surface area contributed by atoms with Gasteiger partial charge in [0.1, 0.15) is 5.54 Å². The number of ether oxygens (including phenoxy) is 2. The second-order valence-corrected chi connectivity index (χ2v) is 7.80. The summed E-state index contributed by atoms with van der Waals surface area (Å²) in [6, 6.07) is 3.22. The summed E-state index contributed by atoms with van der Waals surface area (Å²) < 4.78 is 11.3. The molecule has 1 aliphatic carbocycles.